The summed E-state index contributed by atoms with van der Waals surface area (Å²) in [4.78, 5) is 2.57. The molecule has 0 amide bonds. The molecule has 2 heterocycles. The van der Waals surface area contributed by atoms with E-state index in [1.54, 1.807) is 0 Å². The predicted octanol–water partition coefficient (Wildman–Crippen LogP) is 1.67. The predicted molar refractivity (Wildman–Crippen MR) is 72.1 cm³/mol. The monoisotopic (exact) mass is 246 g/mol. The van der Waals surface area contributed by atoms with Crippen LogP contribution in [0.3, 0.4) is 0 Å². The Morgan fingerprint density at radius 1 is 1.17 bits per heavy atom. The molecule has 0 saturated carbocycles. The summed E-state index contributed by atoms with van der Waals surface area (Å²) in [6.07, 6.45) is 4.16. The van der Waals surface area contributed by atoms with Gasteiger partial charge in [-0.2, -0.15) is 0 Å². The first-order valence-corrected chi connectivity index (χ1v) is 7.00. The summed E-state index contributed by atoms with van der Waals surface area (Å²) in [5.74, 6) is 0. The molecule has 1 aromatic carbocycles. The maximum atomic E-state index is 9.87. The van der Waals surface area contributed by atoms with E-state index in [0.717, 1.165) is 12.8 Å². The van der Waals surface area contributed by atoms with E-state index in [1.807, 2.05) is 6.07 Å². The van der Waals surface area contributed by atoms with Crippen molar-refractivity contribution in [2.24, 2.45) is 5.73 Å². The average molecular weight is 246 g/mol. The van der Waals surface area contributed by atoms with E-state index in [0.29, 0.717) is 24.7 Å². The third-order valence-electron chi connectivity index (χ3n) is 4.53. The highest BCUT2D eigenvalue weighted by atomic mass is 16.3. The van der Waals surface area contributed by atoms with Gasteiger partial charge in [-0.3, -0.25) is 4.90 Å². The normalized spacial score (nSPS) is 33.6. The number of rotatable bonds is 3. The molecule has 2 fully saturated rings. The molecule has 2 aliphatic rings. The molecule has 0 radical (unpaired) electrons. The maximum Gasteiger partial charge on any atom is 0.0570 e. The lowest BCUT2D eigenvalue weighted by atomic mass is 9.95. The van der Waals surface area contributed by atoms with E-state index in [4.69, 9.17) is 5.73 Å². The molecule has 3 unspecified atom stereocenters. The molecule has 0 aromatic heterocycles. The summed E-state index contributed by atoms with van der Waals surface area (Å²) in [5, 5.41) is 9.87. The summed E-state index contributed by atoms with van der Waals surface area (Å²) >= 11 is 0. The van der Waals surface area contributed by atoms with Crippen LogP contribution in [-0.2, 0) is 0 Å². The van der Waals surface area contributed by atoms with Crippen LogP contribution in [0.25, 0.3) is 0 Å². The molecule has 98 valence electrons. The number of benzene rings is 1. The molecule has 2 saturated heterocycles. The Kier molecular flexibility index (Phi) is 3.37. The zero-order chi connectivity index (χ0) is 12.5. The van der Waals surface area contributed by atoms with Crippen molar-refractivity contribution in [2.45, 2.75) is 49.9 Å². The Labute approximate surface area is 109 Å². The summed E-state index contributed by atoms with van der Waals surface area (Å²) in [7, 11) is 0. The van der Waals surface area contributed by atoms with Gasteiger partial charge in [-0.1, -0.05) is 30.3 Å². The van der Waals surface area contributed by atoms with Crippen molar-refractivity contribution in [1.82, 2.24) is 4.90 Å². The number of aliphatic hydroxyl groups excluding tert-OH is 1. The molecule has 3 atom stereocenters. The SMILES string of the molecule is NCC(c1ccccc1)N1C2CCC1CC(O)C2. The van der Waals surface area contributed by atoms with Gasteiger partial charge in [0.25, 0.3) is 0 Å². The largest absolute Gasteiger partial charge is 0.393 e. The zero-order valence-electron chi connectivity index (χ0n) is 10.7. The minimum atomic E-state index is -0.104. The molecular formula is C15H22N2O. The van der Waals surface area contributed by atoms with Crippen molar-refractivity contribution in [3.8, 4) is 0 Å². The third-order valence-corrected chi connectivity index (χ3v) is 4.53. The fraction of sp³-hybridized carbons (Fsp3) is 0.600. The lowest BCUT2D eigenvalue weighted by Crippen LogP contribution is -2.48. The van der Waals surface area contributed by atoms with Gasteiger partial charge in [0.05, 0.1) is 6.10 Å². The lowest BCUT2D eigenvalue weighted by Gasteiger charge is -2.42. The van der Waals surface area contributed by atoms with Crippen LogP contribution in [0.4, 0.5) is 0 Å². The molecule has 2 bridgehead atoms. The minimum absolute atomic E-state index is 0.104. The van der Waals surface area contributed by atoms with Gasteiger partial charge in [-0.05, 0) is 31.2 Å². The van der Waals surface area contributed by atoms with Gasteiger partial charge in [0.2, 0.25) is 0 Å². The van der Waals surface area contributed by atoms with E-state index >= 15 is 0 Å². The van der Waals surface area contributed by atoms with Crippen LogP contribution in [0.1, 0.15) is 37.3 Å². The van der Waals surface area contributed by atoms with Crippen LogP contribution in [0.2, 0.25) is 0 Å². The Hall–Kier alpha value is -0.900. The van der Waals surface area contributed by atoms with E-state index in [-0.39, 0.29) is 6.10 Å². The smallest absolute Gasteiger partial charge is 0.0570 e. The van der Waals surface area contributed by atoms with Crippen LogP contribution in [0.15, 0.2) is 30.3 Å². The summed E-state index contributed by atoms with van der Waals surface area (Å²) in [6.45, 7) is 0.660. The van der Waals surface area contributed by atoms with Crippen molar-refractivity contribution in [3.63, 3.8) is 0 Å². The number of fused-ring (bicyclic) bond motifs is 2. The molecule has 18 heavy (non-hydrogen) atoms. The molecule has 1 aromatic rings. The summed E-state index contributed by atoms with van der Waals surface area (Å²) in [6, 6.07) is 11.9. The zero-order valence-corrected chi connectivity index (χ0v) is 10.7. The molecule has 3 heteroatoms. The van der Waals surface area contributed by atoms with Gasteiger partial charge in [0.15, 0.2) is 0 Å². The van der Waals surface area contributed by atoms with Crippen molar-refractivity contribution in [3.05, 3.63) is 35.9 Å². The fourth-order valence-electron chi connectivity index (χ4n) is 3.80. The highest BCUT2D eigenvalue weighted by Crippen LogP contribution is 2.41. The number of hydrogen-bond acceptors (Lipinski definition) is 3. The quantitative estimate of drug-likeness (QED) is 0.853. The Bertz CT molecular complexity index is 381. The van der Waals surface area contributed by atoms with E-state index < -0.39 is 0 Å². The van der Waals surface area contributed by atoms with Gasteiger partial charge in [0, 0.05) is 24.7 Å². The number of piperidine rings is 1. The van der Waals surface area contributed by atoms with Gasteiger partial charge in [-0.25, -0.2) is 0 Å². The standard InChI is InChI=1S/C15H22N2O/c16-10-15(11-4-2-1-3-5-11)17-12-6-7-13(17)9-14(18)8-12/h1-5,12-15,18H,6-10,16H2. The number of hydrogen-bond donors (Lipinski definition) is 2. The van der Waals surface area contributed by atoms with Gasteiger partial charge in [0.1, 0.15) is 0 Å². The minimum Gasteiger partial charge on any atom is -0.393 e. The number of aliphatic hydroxyl groups is 1. The maximum absolute atomic E-state index is 9.87. The molecule has 0 aliphatic carbocycles. The number of nitrogens with two attached hydrogens (primary N) is 1. The summed E-state index contributed by atoms with van der Waals surface area (Å²) in [5.41, 5.74) is 7.33. The second kappa shape index (κ2) is 5.00. The van der Waals surface area contributed by atoms with Crippen molar-refractivity contribution in [2.75, 3.05) is 6.54 Å². The Balaban J connectivity index is 1.85. The van der Waals surface area contributed by atoms with Crippen LogP contribution in [0.5, 0.6) is 0 Å². The van der Waals surface area contributed by atoms with E-state index in [2.05, 4.69) is 29.2 Å². The first-order valence-electron chi connectivity index (χ1n) is 7.00. The van der Waals surface area contributed by atoms with Crippen LogP contribution in [0, 0.1) is 0 Å². The first-order chi connectivity index (χ1) is 8.79. The lowest BCUT2D eigenvalue weighted by molar-refractivity contribution is 0.0115. The Morgan fingerprint density at radius 3 is 2.33 bits per heavy atom. The van der Waals surface area contributed by atoms with Gasteiger partial charge >= 0.3 is 0 Å². The third kappa shape index (κ3) is 2.07. The van der Waals surface area contributed by atoms with E-state index in [1.165, 1.54) is 18.4 Å². The van der Waals surface area contributed by atoms with Crippen LogP contribution < -0.4 is 5.73 Å². The molecular weight excluding hydrogens is 224 g/mol. The summed E-state index contributed by atoms with van der Waals surface area (Å²) < 4.78 is 0. The second-order valence-corrected chi connectivity index (χ2v) is 5.62. The molecule has 0 spiro atoms. The van der Waals surface area contributed by atoms with Crippen LogP contribution in [-0.4, -0.2) is 34.7 Å². The van der Waals surface area contributed by atoms with Gasteiger partial charge < -0.3 is 10.8 Å². The molecule has 3 nitrogen and oxygen atoms in total. The van der Waals surface area contributed by atoms with Crippen LogP contribution >= 0.6 is 0 Å². The second-order valence-electron chi connectivity index (χ2n) is 5.62. The molecule has 3 N–H and O–H groups in total. The highest BCUT2D eigenvalue weighted by molar-refractivity contribution is 5.21. The Morgan fingerprint density at radius 2 is 1.78 bits per heavy atom. The van der Waals surface area contributed by atoms with Gasteiger partial charge in [-0.15, -0.1) is 0 Å². The highest BCUT2D eigenvalue weighted by Gasteiger charge is 2.43. The van der Waals surface area contributed by atoms with E-state index in [9.17, 15) is 5.11 Å². The average Bonchev–Trinajstić information content (AvgIpc) is 2.65. The fourth-order valence-corrected chi connectivity index (χ4v) is 3.80. The van der Waals surface area contributed by atoms with Crippen molar-refractivity contribution >= 4 is 0 Å². The van der Waals surface area contributed by atoms with Crippen molar-refractivity contribution < 1.29 is 5.11 Å². The topological polar surface area (TPSA) is 49.5 Å². The van der Waals surface area contributed by atoms with Crippen molar-refractivity contribution in [1.29, 1.82) is 0 Å². The molecule has 3 rings (SSSR count). The molecule has 2 aliphatic heterocycles. The first kappa shape index (κ1) is 12.2. The number of nitrogens with zero attached hydrogens (tertiary/aromatic N) is 1.